The number of guanidine groups is 1. The van der Waals surface area contributed by atoms with E-state index in [0.717, 1.165) is 29.4 Å². The summed E-state index contributed by atoms with van der Waals surface area (Å²) in [6.07, 6.45) is 1.27. The Kier molecular flexibility index (Phi) is 8.71. The minimum absolute atomic E-state index is 0. The van der Waals surface area contributed by atoms with Crippen molar-refractivity contribution in [3.63, 3.8) is 0 Å². The summed E-state index contributed by atoms with van der Waals surface area (Å²) in [7, 11) is 6.11. The average molecular weight is 481 g/mol. The van der Waals surface area contributed by atoms with Crippen molar-refractivity contribution in [2.24, 2.45) is 10.9 Å². The van der Waals surface area contributed by atoms with Crippen molar-refractivity contribution < 1.29 is 0 Å². The van der Waals surface area contributed by atoms with Crippen LogP contribution in [0.25, 0.3) is 0 Å². The van der Waals surface area contributed by atoms with Crippen LogP contribution < -0.4 is 5.32 Å². The SMILES string of the molecule is CN=C(NCC1CCN(C)C1)N(C)Cc1ccccc1Br.I. The van der Waals surface area contributed by atoms with Crippen LogP contribution in [0.1, 0.15) is 12.0 Å². The summed E-state index contributed by atoms with van der Waals surface area (Å²) in [5.74, 6) is 1.68. The van der Waals surface area contributed by atoms with Gasteiger partial charge in [-0.1, -0.05) is 34.1 Å². The number of halogens is 2. The molecule has 1 aromatic rings. The predicted molar refractivity (Wildman–Crippen MR) is 108 cm³/mol. The number of hydrogen-bond acceptors (Lipinski definition) is 2. The van der Waals surface area contributed by atoms with Gasteiger partial charge in [-0.2, -0.15) is 0 Å². The first kappa shape index (κ1) is 19.7. The second-order valence-electron chi connectivity index (χ2n) is 5.79. The molecule has 1 unspecified atom stereocenters. The van der Waals surface area contributed by atoms with Crippen LogP contribution in [0.5, 0.6) is 0 Å². The van der Waals surface area contributed by atoms with Crippen LogP contribution in [0.15, 0.2) is 33.7 Å². The summed E-state index contributed by atoms with van der Waals surface area (Å²) >= 11 is 3.60. The molecule has 22 heavy (non-hydrogen) atoms. The molecule has 1 atom stereocenters. The van der Waals surface area contributed by atoms with Crippen molar-refractivity contribution in [3.8, 4) is 0 Å². The van der Waals surface area contributed by atoms with E-state index in [1.807, 2.05) is 13.1 Å². The van der Waals surface area contributed by atoms with Crippen LogP contribution in [0, 0.1) is 5.92 Å². The fourth-order valence-corrected chi connectivity index (χ4v) is 3.18. The highest BCUT2D eigenvalue weighted by Gasteiger charge is 2.20. The van der Waals surface area contributed by atoms with E-state index in [2.05, 4.69) is 68.3 Å². The van der Waals surface area contributed by atoms with Crippen LogP contribution in [0.3, 0.4) is 0 Å². The van der Waals surface area contributed by atoms with E-state index in [1.54, 1.807) is 0 Å². The van der Waals surface area contributed by atoms with Gasteiger partial charge in [-0.05, 0) is 37.6 Å². The molecule has 6 heteroatoms. The lowest BCUT2D eigenvalue weighted by atomic mass is 10.1. The number of nitrogens with zero attached hydrogens (tertiary/aromatic N) is 3. The van der Waals surface area contributed by atoms with E-state index in [4.69, 9.17) is 0 Å². The highest BCUT2D eigenvalue weighted by Crippen LogP contribution is 2.17. The molecule has 1 fully saturated rings. The van der Waals surface area contributed by atoms with E-state index in [-0.39, 0.29) is 24.0 Å². The topological polar surface area (TPSA) is 30.9 Å². The van der Waals surface area contributed by atoms with E-state index in [9.17, 15) is 0 Å². The smallest absolute Gasteiger partial charge is 0.193 e. The van der Waals surface area contributed by atoms with E-state index in [1.165, 1.54) is 25.1 Å². The van der Waals surface area contributed by atoms with Crippen molar-refractivity contribution in [1.82, 2.24) is 15.1 Å². The Morgan fingerprint density at radius 1 is 1.45 bits per heavy atom. The second-order valence-corrected chi connectivity index (χ2v) is 6.65. The normalized spacial score (nSPS) is 18.9. The first-order valence-electron chi connectivity index (χ1n) is 7.44. The zero-order valence-electron chi connectivity index (χ0n) is 13.6. The standard InChI is InChI=1S/C16H25BrN4.HI/c1-18-16(19-10-13-8-9-20(2)11-13)21(3)12-14-6-4-5-7-15(14)17;/h4-7,13H,8-12H2,1-3H3,(H,18,19);1H. The molecule has 0 aliphatic carbocycles. The summed E-state index contributed by atoms with van der Waals surface area (Å²) in [6.45, 7) is 4.22. The van der Waals surface area contributed by atoms with Gasteiger partial charge in [0.05, 0.1) is 0 Å². The van der Waals surface area contributed by atoms with Gasteiger partial charge in [0.15, 0.2) is 5.96 Å². The number of nitrogens with one attached hydrogen (secondary N) is 1. The molecule has 4 nitrogen and oxygen atoms in total. The van der Waals surface area contributed by atoms with Gasteiger partial charge in [0.1, 0.15) is 0 Å². The Balaban J connectivity index is 0.00000242. The third-order valence-electron chi connectivity index (χ3n) is 3.98. The van der Waals surface area contributed by atoms with Crippen molar-refractivity contribution >= 4 is 45.9 Å². The molecule has 1 aromatic carbocycles. The lowest BCUT2D eigenvalue weighted by Crippen LogP contribution is -2.41. The Morgan fingerprint density at radius 3 is 2.77 bits per heavy atom. The van der Waals surface area contributed by atoms with E-state index < -0.39 is 0 Å². The Hall–Kier alpha value is -0.340. The zero-order valence-corrected chi connectivity index (χ0v) is 17.5. The van der Waals surface area contributed by atoms with Crippen molar-refractivity contribution in [3.05, 3.63) is 34.3 Å². The third-order valence-corrected chi connectivity index (χ3v) is 4.75. The molecule has 0 saturated carbocycles. The van der Waals surface area contributed by atoms with Gasteiger partial charge >= 0.3 is 0 Å². The predicted octanol–water partition coefficient (Wildman–Crippen LogP) is 3.03. The number of rotatable bonds is 4. The highest BCUT2D eigenvalue weighted by molar-refractivity contribution is 14.0. The summed E-state index contributed by atoms with van der Waals surface area (Å²) < 4.78 is 1.14. The van der Waals surface area contributed by atoms with Crippen molar-refractivity contribution in [2.45, 2.75) is 13.0 Å². The van der Waals surface area contributed by atoms with Crippen LogP contribution in [0.4, 0.5) is 0 Å². The molecule has 0 radical (unpaired) electrons. The Labute approximate surface area is 159 Å². The largest absolute Gasteiger partial charge is 0.356 e. The third kappa shape index (κ3) is 5.70. The molecule has 1 heterocycles. The monoisotopic (exact) mass is 480 g/mol. The molecule has 0 aromatic heterocycles. The van der Waals surface area contributed by atoms with Gasteiger partial charge < -0.3 is 15.1 Å². The molecule has 0 amide bonds. The fourth-order valence-electron chi connectivity index (χ4n) is 2.77. The average Bonchev–Trinajstić information content (AvgIpc) is 2.88. The summed E-state index contributed by atoms with van der Waals surface area (Å²) in [5, 5.41) is 3.51. The van der Waals surface area contributed by atoms with Gasteiger partial charge in [-0.25, -0.2) is 0 Å². The summed E-state index contributed by atoms with van der Waals surface area (Å²) in [4.78, 5) is 8.95. The zero-order chi connectivity index (χ0) is 15.2. The number of likely N-dealkylation sites (tertiary alicyclic amines) is 1. The number of benzene rings is 1. The molecule has 2 rings (SSSR count). The molecular weight excluding hydrogens is 455 g/mol. The van der Waals surface area contributed by atoms with Gasteiger partial charge in [-0.3, -0.25) is 4.99 Å². The van der Waals surface area contributed by atoms with Crippen LogP contribution in [-0.4, -0.2) is 56.5 Å². The highest BCUT2D eigenvalue weighted by atomic mass is 127. The van der Waals surface area contributed by atoms with Gasteiger partial charge in [0.2, 0.25) is 0 Å². The molecular formula is C16H26BrIN4. The molecule has 0 spiro atoms. The Bertz CT molecular complexity index is 495. The van der Waals surface area contributed by atoms with Gasteiger partial charge in [-0.15, -0.1) is 24.0 Å². The number of aliphatic imine (C=N–C) groups is 1. The number of hydrogen-bond donors (Lipinski definition) is 1. The molecule has 1 aliphatic heterocycles. The van der Waals surface area contributed by atoms with Crippen LogP contribution in [0.2, 0.25) is 0 Å². The molecule has 124 valence electrons. The van der Waals surface area contributed by atoms with E-state index >= 15 is 0 Å². The first-order valence-corrected chi connectivity index (χ1v) is 8.23. The lowest BCUT2D eigenvalue weighted by Gasteiger charge is -2.24. The summed E-state index contributed by atoms with van der Waals surface area (Å²) in [6, 6.07) is 8.32. The quantitative estimate of drug-likeness (QED) is 0.408. The molecule has 0 bridgehead atoms. The van der Waals surface area contributed by atoms with Crippen LogP contribution in [-0.2, 0) is 6.54 Å². The van der Waals surface area contributed by atoms with Crippen molar-refractivity contribution in [1.29, 1.82) is 0 Å². The van der Waals surface area contributed by atoms with E-state index in [0.29, 0.717) is 0 Å². The lowest BCUT2D eigenvalue weighted by molar-refractivity contribution is 0.390. The van der Waals surface area contributed by atoms with Gasteiger partial charge in [0.25, 0.3) is 0 Å². The molecule has 1 N–H and O–H groups in total. The maximum absolute atomic E-state index is 4.40. The molecule has 1 aliphatic rings. The second kappa shape index (κ2) is 9.72. The maximum atomic E-state index is 4.40. The Morgan fingerprint density at radius 2 is 2.18 bits per heavy atom. The first-order chi connectivity index (χ1) is 10.1. The minimum atomic E-state index is 0. The fraction of sp³-hybridized carbons (Fsp3) is 0.562. The van der Waals surface area contributed by atoms with Crippen LogP contribution >= 0.6 is 39.9 Å². The van der Waals surface area contributed by atoms with Crippen molar-refractivity contribution in [2.75, 3.05) is 40.8 Å². The maximum Gasteiger partial charge on any atom is 0.193 e. The van der Waals surface area contributed by atoms with Gasteiger partial charge in [0, 0.05) is 38.2 Å². The minimum Gasteiger partial charge on any atom is -0.356 e. The summed E-state index contributed by atoms with van der Waals surface area (Å²) in [5.41, 5.74) is 1.27. The molecule has 1 saturated heterocycles.